The van der Waals surface area contributed by atoms with E-state index in [2.05, 4.69) is 10.3 Å². The van der Waals surface area contributed by atoms with Crippen LogP contribution in [0.15, 0.2) is 36.5 Å². The first-order chi connectivity index (χ1) is 8.74. The average Bonchev–Trinajstić information content (AvgIpc) is 2.93. The van der Waals surface area contributed by atoms with Crippen LogP contribution in [0.4, 0.5) is 5.69 Å². The summed E-state index contributed by atoms with van der Waals surface area (Å²) < 4.78 is 10.3. The molecule has 0 atom stereocenters. The molecule has 2 rings (SSSR count). The number of methoxy groups -OCH3 is 2. The van der Waals surface area contributed by atoms with E-state index in [-0.39, 0.29) is 5.91 Å². The molecule has 18 heavy (non-hydrogen) atoms. The van der Waals surface area contributed by atoms with Gasteiger partial charge in [-0.2, -0.15) is 0 Å². The number of H-pyrrole nitrogens is 1. The van der Waals surface area contributed by atoms with E-state index in [9.17, 15) is 4.79 Å². The molecule has 1 aromatic carbocycles. The van der Waals surface area contributed by atoms with Gasteiger partial charge in [-0.05, 0) is 24.3 Å². The Morgan fingerprint density at radius 3 is 2.67 bits per heavy atom. The van der Waals surface area contributed by atoms with Gasteiger partial charge < -0.3 is 19.8 Å². The van der Waals surface area contributed by atoms with E-state index >= 15 is 0 Å². The van der Waals surface area contributed by atoms with Gasteiger partial charge in [0, 0.05) is 12.3 Å². The van der Waals surface area contributed by atoms with Gasteiger partial charge in [0.05, 0.1) is 19.9 Å². The van der Waals surface area contributed by atoms with Crippen molar-refractivity contribution in [2.45, 2.75) is 0 Å². The topological polar surface area (TPSA) is 63.3 Å². The van der Waals surface area contributed by atoms with Crippen LogP contribution in [0, 0.1) is 0 Å². The van der Waals surface area contributed by atoms with Gasteiger partial charge in [-0.15, -0.1) is 0 Å². The molecule has 0 saturated heterocycles. The third-order valence-corrected chi connectivity index (χ3v) is 2.50. The number of aromatic nitrogens is 1. The number of carbonyl (C=O) groups is 1. The van der Waals surface area contributed by atoms with Gasteiger partial charge in [0.2, 0.25) is 0 Å². The second kappa shape index (κ2) is 5.27. The quantitative estimate of drug-likeness (QED) is 0.870. The van der Waals surface area contributed by atoms with Gasteiger partial charge in [-0.3, -0.25) is 4.79 Å². The van der Waals surface area contributed by atoms with Gasteiger partial charge in [-0.1, -0.05) is 0 Å². The van der Waals surface area contributed by atoms with E-state index in [0.29, 0.717) is 22.9 Å². The number of nitrogens with one attached hydrogen (secondary N) is 2. The molecule has 0 radical (unpaired) electrons. The van der Waals surface area contributed by atoms with Crippen LogP contribution < -0.4 is 14.8 Å². The average molecular weight is 246 g/mol. The highest BCUT2D eigenvalue weighted by atomic mass is 16.5. The zero-order valence-electron chi connectivity index (χ0n) is 10.2. The van der Waals surface area contributed by atoms with Crippen LogP contribution in [0.2, 0.25) is 0 Å². The zero-order chi connectivity index (χ0) is 13.0. The number of rotatable bonds is 4. The molecular formula is C13H14N2O3. The van der Waals surface area contributed by atoms with Crippen LogP contribution >= 0.6 is 0 Å². The molecule has 0 spiro atoms. The van der Waals surface area contributed by atoms with Gasteiger partial charge >= 0.3 is 0 Å². The van der Waals surface area contributed by atoms with Crippen LogP contribution in [0.5, 0.6) is 11.5 Å². The smallest absolute Gasteiger partial charge is 0.272 e. The molecule has 1 aromatic heterocycles. The first kappa shape index (κ1) is 12.0. The summed E-state index contributed by atoms with van der Waals surface area (Å²) in [6.07, 6.45) is 1.69. The number of hydrogen-bond donors (Lipinski definition) is 2. The lowest BCUT2D eigenvalue weighted by Crippen LogP contribution is -2.12. The minimum Gasteiger partial charge on any atom is -0.497 e. The lowest BCUT2D eigenvalue weighted by Gasteiger charge is -2.11. The minimum atomic E-state index is -0.219. The normalized spacial score (nSPS) is 9.89. The predicted molar refractivity (Wildman–Crippen MR) is 68.3 cm³/mol. The van der Waals surface area contributed by atoms with E-state index in [0.717, 1.165) is 0 Å². The van der Waals surface area contributed by atoms with Crippen molar-refractivity contribution in [3.8, 4) is 11.5 Å². The van der Waals surface area contributed by atoms with Gasteiger partial charge in [0.15, 0.2) is 0 Å². The second-order valence-corrected chi connectivity index (χ2v) is 3.60. The van der Waals surface area contributed by atoms with Crippen LogP contribution in [-0.4, -0.2) is 25.1 Å². The number of ether oxygens (including phenoxy) is 2. The Hall–Kier alpha value is -2.43. The number of carbonyl (C=O) groups excluding carboxylic acids is 1. The Morgan fingerprint density at radius 2 is 2.06 bits per heavy atom. The van der Waals surface area contributed by atoms with Crippen molar-refractivity contribution in [1.29, 1.82) is 0 Å². The van der Waals surface area contributed by atoms with Crippen LogP contribution in [0.25, 0.3) is 0 Å². The fourth-order valence-corrected chi connectivity index (χ4v) is 1.56. The van der Waals surface area contributed by atoms with Crippen molar-refractivity contribution in [3.05, 3.63) is 42.2 Å². The molecule has 2 aromatic rings. The fraction of sp³-hybridized carbons (Fsp3) is 0.154. The highest BCUT2D eigenvalue weighted by molar-refractivity contribution is 6.03. The van der Waals surface area contributed by atoms with Gasteiger partial charge in [0.25, 0.3) is 5.91 Å². The molecule has 5 nitrogen and oxygen atoms in total. The lowest BCUT2D eigenvalue weighted by atomic mass is 10.2. The summed E-state index contributed by atoms with van der Waals surface area (Å²) in [5.74, 6) is 1.00. The van der Waals surface area contributed by atoms with Crippen molar-refractivity contribution in [2.75, 3.05) is 19.5 Å². The fourth-order valence-electron chi connectivity index (χ4n) is 1.56. The monoisotopic (exact) mass is 246 g/mol. The Labute approximate surface area is 105 Å². The van der Waals surface area contributed by atoms with E-state index < -0.39 is 0 Å². The molecule has 0 aliphatic carbocycles. The van der Waals surface area contributed by atoms with Gasteiger partial charge in [-0.25, -0.2) is 0 Å². The summed E-state index contributed by atoms with van der Waals surface area (Å²) in [4.78, 5) is 14.7. The minimum absolute atomic E-state index is 0.219. The third-order valence-electron chi connectivity index (χ3n) is 2.50. The summed E-state index contributed by atoms with van der Waals surface area (Å²) in [5, 5.41) is 2.76. The second-order valence-electron chi connectivity index (χ2n) is 3.60. The molecule has 0 fully saturated rings. The predicted octanol–water partition coefficient (Wildman–Crippen LogP) is 2.28. The summed E-state index contributed by atoms with van der Waals surface area (Å²) in [6.45, 7) is 0. The number of aromatic amines is 1. The van der Waals surface area contributed by atoms with Crippen LogP contribution in [0.1, 0.15) is 10.5 Å². The maximum atomic E-state index is 11.9. The summed E-state index contributed by atoms with van der Waals surface area (Å²) in [5.41, 5.74) is 1.09. The Morgan fingerprint density at radius 1 is 1.22 bits per heavy atom. The van der Waals surface area contributed by atoms with Crippen LogP contribution in [0.3, 0.4) is 0 Å². The van der Waals surface area contributed by atoms with Crippen molar-refractivity contribution in [2.24, 2.45) is 0 Å². The third kappa shape index (κ3) is 2.45. The highest BCUT2D eigenvalue weighted by Crippen LogP contribution is 2.29. The molecule has 1 amide bonds. The molecule has 94 valence electrons. The molecule has 0 unspecified atom stereocenters. The first-order valence-corrected chi connectivity index (χ1v) is 5.41. The van der Waals surface area contributed by atoms with Gasteiger partial charge in [0.1, 0.15) is 17.2 Å². The lowest BCUT2D eigenvalue weighted by molar-refractivity contribution is 0.102. The molecule has 0 aliphatic rings. The molecule has 5 heteroatoms. The molecular weight excluding hydrogens is 232 g/mol. The van der Waals surface area contributed by atoms with E-state index in [1.165, 1.54) is 0 Å². The largest absolute Gasteiger partial charge is 0.497 e. The number of anilines is 1. The number of hydrogen-bond acceptors (Lipinski definition) is 3. The number of amides is 1. The molecule has 0 saturated carbocycles. The summed E-state index contributed by atoms with van der Waals surface area (Å²) >= 11 is 0. The standard InChI is InChI=1S/C13H14N2O3/c1-17-9-5-6-10(12(8-9)18-2)15-13(16)11-4-3-7-14-11/h3-8,14H,1-2H3,(H,15,16). The first-order valence-electron chi connectivity index (χ1n) is 5.41. The summed E-state index contributed by atoms with van der Waals surface area (Å²) in [6, 6.07) is 8.67. The maximum Gasteiger partial charge on any atom is 0.272 e. The molecule has 0 aliphatic heterocycles. The van der Waals surface area contributed by atoms with E-state index in [1.54, 1.807) is 50.7 Å². The molecule has 2 N–H and O–H groups in total. The van der Waals surface area contributed by atoms with Crippen molar-refractivity contribution >= 4 is 11.6 Å². The zero-order valence-corrected chi connectivity index (χ0v) is 10.2. The Bertz CT molecular complexity index is 535. The molecule has 0 bridgehead atoms. The van der Waals surface area contributed by atoms with Crippen molar-refractivity contribution < 1.29 is 14.3 Å². The van der Waals surface area contributed by atoms with E-state index in [4.69, 9.17) is 9.47 Å². The van der Waals surface area contributed by atoms with Crippen LogP contribution in [-0.2, 0) is 0 Å². The SMILES string of the molecule is COc1ccc(NC(=O)c2ccc[nH]2)c(OC)c1. The Balaban J connectivity index is 2.21. The summed E-state index contributed by atoms with van der Waals surface area (Å²) in [7, 11) is 3.12. The highest BCUT2D eigenvalue weighted by Gasteiger charge is 2.10. The Kier molecular flexibility index (Phi) is 3.52. The molecule has 1 heterocycles. The number of benzene rings is 1. The van der Waals surface area contributed by atoms with E-state index in [1.807, 2.05) is 0 Å². The maximum absolute atomic E-state index is 11.9. The van der Waals surface area contributed by atoms with Crippen molar-refractivity contribution in [3.63, 3.8) is 0 Å². The van der Waals surface area contributed by atoms with Crippen molar-refractivity contribution in [1.82, 2.24) is 4.98 Å².